The number of ketones is 1. The molecule has 27 heavy (non-hydrogen) atoms. The standard InChI is InChI=1S/C20H21N3O3S/c1-12(24)17-10-14(8-9-21-17)26-13-6-7-16-19(11-13)27-20(23-16)22-15-4-2-3-5-18(15)25/h6-11,15,18,25H,2-5H2,1H3,(H,22,23). The Morgan fingerprint density at radius 3 is 2.85 bits per heavy atom. The Morgan fingerprint density at radius 1 is 1.22 bits per heavy atom. The molecule has 0 spiro atoms. The van der Waals surface area contributed by atoms with Crippen LogP contribution < -0.4 is 10.1 Å². The Labute approximate surface area is 161 Å². The Morgan fingerprint density at radius 2 is 2.04 bits per heavy atom. The Hall–Kier alpha value is -2.51. The number of thiazole rings is 1. The molecule has 0 bridgehead atoms. The SMILES string of the molecule is CC(=O)c1cc(Oc2ccc3nc(NC4CCCCC4O)sc3c2)ccn1. The topological polar surface area (TPSA) is 84.3 Å². The summed E-state index contributed by atoms with van der Waals surface area (Å²) in [5.74, 6) is 1.15. The van der Waals surface area contributed by atoms with Gasteiger partial charge in [0, 0.05) is 25.3 Å². The van der Waals surface area contributed by atoms with Gasteiger partial charge in [0.1, 0.15) is 17.2 Å². The minimum absolute atomic E-state index is 0.0665. The second-order valence-corrected chi connectivity index (χ2v) is 7.82. The number of ether oxygens (including phenoxy) is 1. The largest absolute Gasteiger partial charge is 0.457 e. The van der Waals surface area contributed by atoms with Crippen molar-refractivity contribution in [2.24, 2.45) is 0 Å². The Kier molecular flexibility index (Phi) is 5.05. The van der Waals surface area contributed by atoms with E-state index in [1.54, 1.807) is 29.7 Å². The van der Waals surface area contributed by atoms with Gasteiger partial charge in [-0.2, -0.15) is 0 Å². The summed E-state index contributed by atoms with van der Waals surface area (Å²) in [6, 6.07) is 9.13. The van der Waals surface area contributed by atoms with Gasteiger partial charge in [-0.05, 0) is 31.0 Å². The summed E-state index contributed by atoms with van der Waals surface area (Å²) >= 11 is 1.55. The lowest BCUT2D eigenvalue weighted by molar-refractivity contribution is 0.101. The number of nitrogens with zero attached hydrogens (tertiary/aromatic N) is 2. The van der Waals surface area contributed by atoms with E-state index in [4.69, 9.17) is 4.74 Å². The molecule has 1 saturated carbocycles. The van der Waals surface area contributed by atoms with Crippen molar-refractivity contribution in [2.45, 2.75) is 44.8 Å². The molecule has 2 N–H and O–H groups in total. The number of rotatable bonds is 5. The van der Waals surface area contributed by atoms with E-state index in [0.29, 0.717) is 17.2 Å². The van der Waals surface area contributed by atoms with Gasteiger partial charge in [-0.15, -0.1) is 0 Å². The number of carbonyl (C=O) groups excluding carboxylic acids is 1. The number of fused-ring (bicyclic) bond motifs is 1. The molecule has 2 unspecified atom stereocenters. The number of aliphatic hydroxyl groups is 1. The van der Waals surface area contributed by atoms with Crippen LogP contribution in [0.25, 0.3) is 10.2 Å². The molecule has 2 aromatic heterocycles. The van der Waals surface area contributed by atoms with Crippen LogP contribution in [-0.4, -0.2) is 33.0 Å². The van der Waals surface area contributed by atoms with E-state index in [-0.39, 0.29) is 17.9 Å². The summed E-state index contributed by atoms with van der Waals surface area (Å²) in [4.78, 5) is 20.1. The van der Waals surface area contributed by atoms with Gasteiger partial charge in [-0.25, -0.2) is 4.98 Å². The number of anilines is 1. The molecule has 1 aromatic carbocycles. The molecule has 1 aliphatic rings. The summed E-state index contributed by atoms with van der Waals surface area (Å²) < 4.78 is 6.88. The lowest BCUT2D eigenvalue weighted by Gasteiger charge is -2.27. The van der Waals surface area contributed by atoms with Crippen LogP contribution in [0.1, 0.15) is 43.1 Å². The zero-order chi connectivity index (χ0) is 18.8. The highest BCUT2D eigenvalue weighted by atomic mass is 32.1. The third-order valence-corrected chi connectivity index (χ3v) is 5.68. The van der Waals surface area contributed by atoms with E-state index in [9.17, 15) is 9.90 Å². The molecule has 0 amide bonds. The lowest BCUT2D eigenvalue weighted by atomic mass is 9.93. The van der Waals surface area contributed by atoms with Gasteiger partial charge >= 0.3 is 0 Å². The fourth-order valence-corrected chi connectivity index (χ4v) is 4.23. The molecule has 6 nitrogen and oxygen atoms in total. The molecule has 3 aromatic rings. The monoisotopic (exact) mass is 383 g/mol. The molecule has 4 rings (SSSR count). The van der Waals surface area contributed by atoms with Crippen molar-refractivity contribution in [3.63, 3.8) is 0 Å². The number of aromatic nitrogens is 2. The average molecular weight is 383 g/mol. The molecule has 0 radical (unpaired) electrons. The number of carbonyl (C=O) groups is 1. The van der Waals surface area contributed by atoms with Crippen molar-refractivity contribution in [3.05, 3.63) is 42.2 Å². The maximum absolute atomic E-state index is 11.5. The predicted molar refractivity (Wildman–Crippen MR) is 106 cm³/mol. The fraction of sp³-hybridized carbons (Fsp3) is 0.350. The molecular weight excluding hydrogens is 362 g/mol. The van der Waals surface area contributed by atoms with Gasteiger partial charge in [0.25, 0.3) is 0 Å². The first-order valence-corrected chi connectivity index (χ1v) is 9.90. The first kappa shape index (κ1) is 17.9. The molecular formula is C20H21N3O3S. The number of hydrogen-bond acceptors (Lipinski definition) is 7. The Bertz CT molecular complexity index is 972. The van der Waals surface area contributed by atoms with Crippen LogP contribution in [0.15, 0.2) is 36.5 Å². The second-order valence-electron chi connectivity index (χ2n) is 6.79. The van der Waals surface area contributed by atoms with E-state index in [1.807, 2.05) is 18.2 Å². The minimum Gasteiger partial charge on any atom is -0.457 e. The number of benzene rings is 1. The maximum atomic E-state index is 11.5. The number of aliphatic hydroxyl groups excluding tert-OH is 1. The van der Waals surface area contributed by atoms with Crippen molar-refractivity contribution < 1.29 is 14.6 Å². The smallest absolute Gasteiger partial charge is 0.184 e. The van der Waals surface area contributed by atoms with Crippen LogP contribution in [0.5, 0.6) is 11.5 Å². The lowest BCUT2D eigenvalue weighted by Crippen LogP contribution is -2.36. The van der Waals surface area contributed by atoms with Crippen LogP contribution in [0.4, 0.5) is 5.13 Å². The first-order valence-electron chi connectivity index (χ1n) is 9.08. The van der Waals surface area contributed by atoms with Crippen LogP contribution in [0.2, 0.25) is 0 Å². The van der Waals surface area contributed by atoms with Crippen LogP contribution in [0.3, 0.4) is 0 Å². The van der Waals surface area contributed by atoms with Gasteiger partial charge in [0.2, 0.25) is 0 Å². The average Bonchev–Trinajstić information content (AvgIpc) is 3.05. The van der Waals surface area contributed by atoms with Crippen LogP contribution in [0, 0.1) is 0 Å². The molecule has 2 heterocycles. The van der Waals surface area contributed by atoms with Gasteiger partial charge in [0.15, 0.2) is 10.9 Å². The summed E-state index contributed by atoms with van der Waals surface area (Å²) in [7, 11) is 0. The highest BCUT2D eigenvalue weighted by Crippen LogP contribution is 2.33. The van der Waals surface area contributed by atoms with Crippen LogP contribution in [-0.2, 0) is 0 Å². The minimum atomic E-state index is -0.313. The van der Waals surface area contributed by atoms with E-state index in [1.165, 1.54) is 6.92 Å². The molecule has 1 fully saturated rings. The number of nitrogens with one attached hydrogen (secondary N) is 1. The number of hydrogen-bond donors (Lipinski definition) is 2. The molecule has 7 heteroatoms. The van der Waals surface area contributed by atoms with E-state index >= 15 is 0 Å². The fourth-order valence-electron chi connectivity index (χ4n) is 3.27. The highest BCUT2D eigenvalue weighted by Gasteiger charge is 2.23. The van der Waals surface area contributed by atoms with Gasteiger partial charge < -0.3 is 15.2 Å². The number of Topliss-reactive ketones (excluding diaryl/α,β-unsaturated/α-hetero) is 1. The van der Waals surface area contributed by atoms with E-state index < -0.39 is 0 Å². The normalized spacial score (nSPS) is 19.8. The van der Waals surface area contributed by atoms with Crippen LogP contribution >= 0.6 is 11.3 Å². The highest BCUT2D eigenvalue weighted by molar-refractivity contribution is 7.22. The Balaban J connectivity index is 1.52. The predicted octanol–water partition coefficient (Wildman–Crippen LogP) is 4.40. The van der Waals surface area contributed by atoms with Gasteiger partial charge in [-0.1, -0.05) is 24.2 Å². The summed E-state index contributed by atoms with van der Waals surface area (Å²) in [5, 5.41) is 14.3. The third kappa shape index (κ3) is 4.09. The van der Waals surface area contributed by atoms with Gasteiger partial charge in [0.05, 0.1) is 22.4 Å². The van der Waals surface area contributed by atoms with Crippen molar-refractivity contribution in [2.75, 3.05) is 5.32 Å². The zero-order valence-corrected chi connectivity index (χ0v) is 15.8. The summed E-state index contributed by atoms with van der Waals surface area (Å²) in [6.07, 6.45) is 5.27. The molecule has 140 valence electrons. The zero-order valence-electron chi connectivity index (χ0n) is 15.0. The van der Waals surface area contributed by atoms with E-state index in [2.05, 4.69) is 15.3 Å². The molecule has 0 saturated heterocycles. The quantitative estimate of drug-likeness (QED) is 0.635. The van der Waals surface area contributed by atoms with Gasteiger partial charge in [-0.3, -0.25) is 9.78 Å². The maximum Gasteiger partial charge on any atom is 0.184 e. The van der Waals surface area contributed by atoms with Crippen molar-refractivity contribution in [1.82, 2.24) is 9.97 Å². The van der Waals surface area contributed by atoms with Crippen molar-refractivity contribution in [1.29, 1.82) is 0 Å². The van der Waals surface area contributed by atoms with Crippen molar-refractivity contribution in [3.8, 4) is 11.5 Å². The first-order chi connectivity index (χ1) is 13.1. The van der Waals surface area contributed by atoms with Crippen molar-refractivity contribution >= 4 is 32.5 Å². The molecule has 0 aliphatic heterocycles. The summed E-state index contributed by atoms with van der Waals surface area (Å²) in [5.41, 5.74) is 1.27. The molecule has 1 aliphatic carbocycles. The second kappa shape index (κ2) is 7.62. The molecule has 2 atom stereocenters. The summed E-state index contributed by atoms with van der Waals surface area (Å²) in [6.45, 7) is 1.48. The number of pyridine rings is 1. The third-order valence-electron chi connectivity index (χ3n) is 4.73. The van der Waals surface area contributed by atoms with E-state index in [0.717, 1.165) is 41.0 Å².